The quantitative estimate of drug-likeness (QED) is 0.0600. The number of furan rings is 3. The first-order chi connectivity index (χ1) is 68.0. The number of nitriles is 2. The van der Waals surface area contributed by atoms with Crippen LogP contribution in [0.4, 0.5) is 0 Å². The van der Waals surface area contributed by atoms with Crippen LogP contribution in [0.2, 0.25) is 35.2 Å². The minimum Gasteiger partial charge on any atom is -0.489 e. The molecule has 0 spiro atoms. The van der Waals surface area contributed by atoms with E-state index in [4.69, 9.17) is 138 Å². The summed E-state index contributed by atoms with van der Waals surface area (Å²) in [6, 6.07) is 51.3. The molecule has 1 N–H and O–H groups in total. The Balaban J connectivity index is 0.000000192. The van der Waals surface area contributed by atoms with Crippen molar-refractivity contribution in [2.45, 2.75) is 136 Å². The van der Waals surface area contributed by atoms with Gasteiger partial charge in [-0.2, -0.15) is 19.6 Å². The van der Waals surface area contributed by atoms with Gasteiger partial charge in [0.05, 0.1) is 95.7 Å². The third kappa shape index (κ3) is 31.1. The third-order valence-corrected chi connectivity index (χ3v) is 27.3. The molecule has 7 aromatic carbocycles. The van der Waals surface area contributed by atoms with E-state index in [-0.39, 0.29) is 41.4 Å². The highest BCUT2D eigenvalue weighted by atomic mass is 127. The van der Waals surface area contributed by atoms with Gasteiger partial charge in [-0.15, -0.1) is 0 Å². The molecule has 6 aromatic heterocycles. The van der Waals surface area contributed by atoms with Crippen molar-refractivity contribution in [3.05, 3.63) is 269 Å². The van der Waals surface area contributed by atoms with E-state index in [0.29, 0.717) is 161 Å². The number of pyridine rings is 3. The number of hydrogen-bond acceptors (Lipinski definition) is 21. The summed E-state index contributed by atoms with van der Waals surface area (Å²) < 4.78 is 72.5. The molecule has 4 fully saturated rings. The second-order valence-corrected chi connectivity index (χ2v) is 40.9. The lowest BCUT2D eigenvalue weighted by Gasteiger charge is -2.32. The number of hydrogen-bond donors (Lipinski definition) is 1. The van der Waals surface area contributed by atoms with Crippen LogP contribution in [-0.4, -0.2) is 210 Å². The van der Waals surface area contributed by atoms with E-state index in [9.17, 15) is 34.5 Å². The zero-order valence-electron chi connectivity index (χ0n) is 82.9. The van der Waals surface area contributed by atoms with Crippen molar-refractivity contribution >= 4 is 240 Å². The summed E-state index contributed by atoms with van der Waals surface area (Å²) in [6.45, 7) is 23.0. The zero-order chi connectivity index (χ0) is 106. The fourth-order valence-corrected chi connectivity index (χ4v) is 16.3. The van der Waals surface area contributed by atoms with E-state index in [1.54, 1.807) is 184 Å². The number of benzene rings is 7. The van der Waals surface area contributed by atoms with Gasteiger partial charge in [-0.05, 0) is 250 Å². The van der Waals surface area contributed by atoms with Crippen molar-refractivity contribution in [3.63, 3.8) is 0 Å². The Morgan fingerprint density at radius 1 is 0.462 bits per heavy atom. The summed E-state index contributed by atoms with van der Waals surface area (Å²) in [7, 11) is 15.9. The average Bonchev–Trinajstić information content (AvgIpc) is 1.61. The van der Waals surface area contributed by atoms with Gasteiger partial charge in [-0.1, -0.05) is 120 Å². The zero-order valence-corrected chi connectivity index (χ0v) is 93.7. The molecular formula is C103H108B3Br2Cl7IN9O17P. The standard InChI is InChI=1S/C28H24ClN3O4.C18H24BNO4.C16H12Cl2N2O2.C15H21BClNO3.C9H9BrClNO.C7H4BrClO2.C7H3ClINO.C3H8.BH3P/c1-32(2)28(33)18-3-5-22(23(29)14-18)26-15-24-27(36-26)21(7-10-31-24)17-4-6-25(19(13-17)16-30)35-20-8-11-34-12-9-20;1-17(2)18(3,4)24-19(23-17)14-5-6-16(13(11-14)12-20)22-15-7-9-21-10-8-15;1-20(2)16(21)9-3-4-10(12(18)7-9)14-8-13-15(22-14)11(17)5-6-19-13;1-14(2)15(3,4)21-16(20-14)11-8-7-10(9-12(11)17)13(19)18(5)6;1-12(2)9(13)6-3-4-7(10)8(11)5-6;8-5-2-1-4(7(10)11)3-6(5)9;8-4-1-2-10-5-3-6(9)11-7(4)5;1-3-2;1-2/h3-7,10,13-15,20H,8-9,11-12H2,1-2H3;5-6,11,15H,7-10H2,1-4H3;3-8H,1-2H3;7-9H,1-6H3;3-5H,1-2H3;1-3H,(H,10,11);1-3H;3H2,1-2H3;1H,2H2/i;;;;;;;;1D. The maximum atomic E-state index is 12.3. The Labute approximate surface area is 904 Å². The topological polar surface area (TPSA) is 318 Å². The minimum absolute atomic E-state index is 0.0427. The fraction of sp³-hybridized carbons (Fsp3) is 0.320. The lowest BCUT2D eigenvalue weighted by atomic mass is 9.78. The molecule has 1 unspecified atom stereocenters. The van der Waals surface area contributed by atoms with Gasteiger partial charge in [0.1, 0.15) is 71.4 Å². The van der Waals surface area contributed by atoms with E-state index >= 15 is 0 Å². The summed E-state index contributed by atoms with van der Waals surface area (Å²) in [5, 5.41) is 31.2. The van der Waals surface area contributed by atoms with Crippen LogP contribution in [0.25, 0.3) is 67.1 Å². The van der Waals surface area contributed by atoms with E-state index < -0.39 is 42.6 Å². The highest BCUT2D eigenvalue weighted by Gasteiger charge is 2.53. The third-order valence-electron chi connectivity index (χ3n) is 22.8. The van der Waals surface area contributed by atoms with Crippen LogP contribution >= 0.6 is 145 Å². The molecule has 10 heterocycles. The number of rotatable bonds is 14. The Morgan fingerprint density at radius 2 is 0.811 bits per heavy atom. The first-order valence-corrected chi connectivity index (χ1v) is 50.7. The van der Waals surface area contributed by atoms with Crippen molar-refractivity contribution in [3.8, 4) is 57.4 Å². The smallest absolute Gasteiger partial charge is 0.489 e. The molecule has 751 valence electrons. The normalized spacial score (nSPS) is 14.6. The Morgan fingerprint density at radius 3 is 1.20 bits per heavy atom. The number of aromatic carboxylic acids is 1. The van der Waals surface area contributed by atoms with Crippen LogP contribution in [0.3, 0.4) is 0 Å². The maximum Gasteiger partial charge on any atom is 0.496 e. The molecule has 0 saturated carbocycles. The van der Waals surface area contributed by atoms with Crippen LogP contribution in [-0.2, 0) is 28.1 Å². The number of aromatic nitrogens is 3. The number of ether oxygens (including phenoxy) is 4. The molecule has 143 heavy (non-hydrogen) atoms. The van der Waals surface area contributed by atoms with E-state index in [0.717, 1.165) is 61.5 Å². The van der Waals surface area contributed by atoms with E-state index in [1.165, 1.54) is 45.7 Å². The van der Waals surface area contributed by atoms with Crippen LogP contribution in [0.15, 0.2) is 205 Å². The Bertz CT molecular complexity index is 6770. The monoisotopic (exact) mass is 2340 g/mol. The second kappa shape index (κ2) is 53.3. The van der Waals surface area contributed by atoms with Crippen LogP contribution in [0.5, 0.6) is 11.5 Å². The van der Waals surface area contributed by atoms with Crippen LogP contribution in [0.1, 0.15) is 164 Å². The molecule has 13 aromatic rings. The first kappa shape index (κ1) is 116. The molecule has 17 rings (SSSR count). The SMILES string of the molecule is CC1(C)OB(c2ccc(OC3CCOCC3)c(C#N)c2)OC1(C)C.CCC.CN(C)C(=O)c1ccc(-c2cc3nccc(-c4ccc(OC5CCOCC5)c(C#N)c4)c3o2)c(Cl)c1.CN(C)C(=O)c1ccc(-c2cc3nccc(Cl)c3o2)c(Cl)c1.CN(C)C(=O)c1ccc(B2OC(C)(C)C(C)(C)O2)c(Cl)c1.CN(C)C(=O)c1ccc(Br)c(Cl)c1.Clc1ccnc2cc(I)oc12.O=C(O)c1ccc(Br)c(Cl)c1.[2H][B]P. The fourth-order valence-electron chi connectivity index (χ4n) is 13.7. The lowest BCUT2D eigenvalue weighted by Crippen LogP contribution is -2.41. The number of halogens is 10. The Hall–Kier alpha value is -9.36. The van der Waals surface area contributed by atoms with Gasteiger partial charge in [-0.3, -0.25) is 34.1 Å². The van der Waals surface area contributed by atoms with Crippen LogP contribution < -0.4 is 20.4 Å². The van der Waals surface area contributed by atoms with Crippen molar-refractivity contribution in [1.82, 2.24) is 34.6 Å². The molecule has 1 atom stereocenters. The maximum absolute atomic E-state index is 12.3. The second-order valence-electron chi connectivity index (χ2n) is 35.3. The average molecular weight is 2340 g/mol. The van der Waals surface area contributed by atoms with Crippen LogP contribution in [0, 0.1) is 26.4 Å². The van der Waals surface area contributed by atoms with Gasteiger partial charge in [0.25, 0.3) is 23.6 Å². The summed E-state index contributed by atoms with van der Waals surface area (Å²) in [5.41, 5.74) is 10.1. The molecule has 4 aliphatic heterocycles. The molecule has 0 aliphatic carbocycles. The number of carboxylic acid groups (broad SMARTS) is 1. The predicted molar refractivity (Wildman–Crippen MR) is 589 cm³/mol. The van der Waals surface area contributed by atoms with Gasteiger partial charge in [-0.25, -0.2) is 4.79 Å². The highest BCUT2D eigenvalue weighted by molar-refractivity contribution is 14.1. The molecular weight excluding hydrogens is 2230 g/mol. The van der Waals surface area contributed by atoms with E-state index in [1.807, 2.05) is 97.9 Å². The Kier molecular flexibility index (Phi) is 43.1. The van der Waals surface area contributed by atoms with Gasteiger partial charge < -0.3 is 75.5 Å². The molecule has 1 radical (unpaired) electrons. The number of carbonyl (C=O) groups is 5. The molecule has 26 nitrogen and oxygen atoms in total. The highest BCUT2D eigenvalue weighted by Crippen LogP contribution is 2.43. The summed E-state index contributed by atoms with van der Waals surface area (Å²) in [5.74, 6) is 0.939. The molecule has 40 heteroatoms. The molecule has 4 saturated heterocycles. The largest absolute Gasteiger partial charge is 0.496 e. The predicted octanol–water partition coefficient (Wildman–Crippen LogP) is 25.0. The lowest BCUT2D eigenvalue weighted by molar-refractivity contribution is 0.00578. The summed E-state index contributed by atoms with van der Waals surface area (Å²) in [4.78, 5) is 76.8. The minimum atomic E-state index is -0.973. The van der Waals surface area contributed by atoms with Gasteiger partial charge in [0.2, 0.25) is 0 Å². The van der Waals surface area contributed by atoms with Crippen molar-refractivity contribution in [2.24, 2.45) is 0 Å². The van der Waals surface area contributed by atoms with Crippen molar-refractivity contribution in [2.75, 3.05) is 82.8 Å². The number of fused-ring (bicyclic) bond motifs is 3. The van der Waals surface area contributed by atoms with Gasteiger partial charge >= 0.3 is 20.2 Å². The summed E-state index contributed by atoms with van der Waals surface area (Å²) in [6.07, 6.45) is 9.69. The number of carbonyl (C=O) groups excluding carboxylic acids is 4. The number of amides is 4. The number of nitrogens with zero attached hydrogens (tertiary/aromatic N) is 9. The first-order valence-electron chi connectivity index (χ1n) is 45.3. The molecule has 4 amide bonds. The number of carboxylic acids is 1. The summed E-state index contributed by atoms with van der Waals surface area (Å²) >= 11 is 51.0. The molecule has 0 bridgehead atoms. The van der Waals surface area contributed by atoms with E-state index in [2.05, 4.69) is 105 Å². The van der Waals surface area contributed by atoms with Gasteiger partial charge in [0.15, 0.2) is 20.5 Å². The van der Waals surface area contributed by atoms with Gasteiger partial charge in [0, 0.05) is 177 Å². The van der Waals surface area contributed by atoms with Crippen molar-refractivity contribution < 1.29 is 79.9 Å². The van der Waals surface area contributed by atoms with Crippen molar-refractivity contribution in [1.29, 1.82) is 11.9 Å². The molecule has 4 aliphatic rings.